The highest BCUT2D eigenvalue weighted by Gasteiger charge is 2.38. The molecule has 18 heavy (non-hydrogen) atoms. The Morgan fingerprint density at radius 1 is 1.17 bits per heavy atom. The van der Waals surface area contributed by atoms with Gasteiger partial charge < -0.3 is 5.73 Å². The number of rotatable bonds is 1. The molecule has 2 heterocycles. The molecule has 0 atom stereocenters. The minimum absolute atomic E-state index is 0.202. The van der Waals surface area contributed by atoms with Crippen LogP contribution >= 0.6 is 11.3 Å². The molecular formula is C12H18N2O2S2. The molecule has 2 aliphatic rings. The fourth-order valence-corrected chi connectivity index (χ4v) is 5.54. The van der Waals surface area contributed by atoms with Crippen molar-refractivity contribution in [2.24, 2.45) is 5.73 Å². The van der Waals surface area contributed by atoms with Gasteiger partial charge in [0, 0.05) is 4.88 Å². The maximum Gasteiger partial charge on any atom is 0.150 e. The quantitative estimate of drug-likeness (QED) is 0.846. The number of aryl methyl sites for hydroxylation is 2. The summed E-state index contributed by atoms with van der Waals surface area (Å²) in [4.78, 5) is 6.06. The Hall–Kier alpha value is -0.460. The summed E-state index contributed by atoms with van der Waals surface area (Å²) in [6, 6.07) is 0. The largest absolute Gasteiger partial charge is 0.319 e. The standard InChI is InChI=1S/C12H18N2O2S2/c13-12(5-7-18(15,16)8-6-12)11-14-9-3-1-2-4-10(9)17-11/h1-8,13H2. The second-order valence-electron chi connectivity index (χ2n) is 5.40. The van der Waals surface area contributed by atoms with E-state index in [9.17, 15) is 8.42 Å². The normalized spacial score (nSPS) is 25.6. The van der Waals surface area contributed by atoms with Gasteiger partial charge in [-0.05, 0) is 38.5 Å². The molecule has 0 bridgehead atoms. The van der Waals surface area contributed by atoms with Crippen molar-refractivity contribution in [3.05, 3.63) is 15.6 Å². The molecule has 1 aliphatic carbocycles. The van der Waals surface area contributed by atoms with E-state index in [0.29, 0.717) is 12.8 Å². The number of fused-ring (bicyclic) bond motifs is 1. The summed E-state index contributed by atoms with van der Waals surface area (Å²) in [7, 11) is -2.87. The van der Waals surface area contributed by atoms with Crippen LogP contribution in [0.15, 0.2) is 0 Å². The van der Waals surface area contributed by atoms with Gasteiger partial charge in [0.05, 0.1) is 22.7 Å². The second kappa shape index (κ2) is 4.28. The first-order valence-corrected chi connectivity index (χ1v) is 9.11. The van der Waals surface area contributed by atoms with Crippen LogP contribution in [0.2, 0.25) is 0 Å². The minimum Gasteiger partial charge on any atom is -0.319 e. The number of hydrogen-bond donors (Lipinski definition) is 1. The van der Waals surface area contributed by atoms with E-state index >= 15 is 0 Å². The van der Waals surface area contributed by atoms with Gasteiger partial charge in [0.2, 0.25) is 0 Å². The SMILES string of the molecule is NC1(c2nc3c(s2)CCCC3)CCS(=O)(=O)CC1. The predicted octanol–water partition coefficient (Wildman–Crippen LogP) is 1.38. The molecule has 1 aromatic rings. The van der Waals surface area contributed by atoms with E-state index in [2.05, 4.69) is 0 Å². The molecule has 3 rings (SSSR count). The van der Waals surface area contributed by atoms with Crippen molar-refractivity contribution < 1.29 is 8.42 Å². The van der Waals surface area contributed by atoms with Gasteiger partial charge in [0.25, 0.3) is 0 Å². The van der Waals surface area contributed by atoms with E-state index in [1.807, 2.05) is 0 Å². The molecule has 0 unspecified atom stereocenters. The van der Waals surface area contributed by atoms with Gasteiger partial charge in [0.15, 0.2) is 0 Å². The van der Waals surface area contributed by atoms with Crippen LogP contribution in [0.5, 0.6) is 0 Å². The molecule has 1 fully saturated rings. The molecule has 0 amide bonds. The van der Waals surface area contributed by atoms with Crippen LogP contribution < -0.4 is 5.73 Å². The third-order valence-corrected chi connectivity index (χ3v) is 7.02. The highest BCUT2D eigenvalue weighted by atomic mass is 32.2. The summed E-state index contributed by atoms with van der Waals surface area (Å²) >= 11 is 1.71. The highest BCUT2D eigenvalue weighted by Crippen LogP contribution is 2.37. The van der Waals surface area contributed by atoms with Gasteiger partial charge in [0.1, 0.15) is 14.8 Å². The zero-order valence-corrected chi connectivity index (χ0v) is 11.9. The fraction of sp³-hybridized carbons (Fsp3) is 0.750. The van der Waals surface area contributed by atoms with E-state index in [0.717, 1.165) is 17.8 Å². The van der Waals surface area contributed by atoms with Crippen molar-refractivity contribution in [1.29, 1.82) is 0 Å². The molecular weight excluding hydrogens is 268 g/mol. The van der Waals surface area contributed by atoms with Gasteiger partial charge >= 0.3 is 0 Å². The summed E-state index contributed by atoms with van der Waals surface area (Å²) < 4.78 is 23.0. The Kier molecular flexibility index (Phi) is 2.99. The third kappa shape index (κ3) is 2.21. The van der Waals surface area contributed by atoms with E-state index in [4.69, 9.17) is 10.7 Å². The summed E-state index contributed by atoms with van der Waals surface area (Å²) in [5.41, 5.74) is 7.10. The van der Waals surface area contributed by atoms with E-state index in [1.165, 1.54) is 23.4 Å². The smallest absolute Gasteiger partial charge is 0.150 e. The zero-order valence-electron chi connectivity index (χ0n) is 10.3. The van der Waals surface area contributed by atoms with Crippen molar-refractivity contribution in [3.8, 4) is 0 Å². The van der Waals surface area contributed by atoms with E-state index in [1.54, 1.807) is 11.3 Å². The number of thiazole rings is 1. The predicted molar refractivity (Wildman–Crippen MR) is 72.5 cm³/mol. The van der Waals surface area contributed by atoms with Crippen LogP contribution in [0.1, 0.15) is 41.3 Å². The first-order valence-electron chi connectivity index (χ1n) is 6.47. The van der Waals surface area contributed by atoms with Crippen molar-refractivity contribution in [3.63, 3.8) is 0 Å². The molecule has 0 radical (unpaired) electrons. The van der Waals surface area contributed by atoms with Gasteiger partial charge in [-0.25, -0.2) is 13.4 Å². The van der Waals surface area contributed by atoms with Gasteiger partial charge in [-0.15, -0.1) is 11.3 Å². The summed E-state index contributed by atoms with van der Waals surface area (Å²) in [5, 5.41) is 0.962. The van der Waals surface area contributed by atoms with Crippen molar-refractivity contribution in [2.45, 2.75) is 44.1 Å². The highest BCUT2D eigenvalue weighted by molar-refractivity contribution is 7.91. The first-order chi connectivity index (χ1) is 8.49. The van der Waals surface area contributed by atoms with E-state index < -0.39 is 15.4 Å². The lowest BCUT2D eigenvalue weighted by atomic mass is 9.94. The molecule has 4 nitrogen and oxygen atoms in total. The molecule has 0 aromatic carbocycles. The Bertz CT molecular complexity index is 525. The Morgan fingerprint density at radius 3 is 2.50 bits per heavy atom. The Morgan fingerprint density at radius 2 is 1.83 bits per heavy atom. The van der Waals surface area contributed by atoms with Crippen LogP contribution in [0.25, 0.3) is 0 Å². The van der Waals surface area contributed by atoms with Crippen LogP contribution in [-0.2, 0) is 28.2 Å². The Labute approximate surface area is 112 Å². The lowest BCUT2D eigenvalue weighted by Gasteiger charge is -2.31. The zero-order chi connectivity index (χ0) is 12.8. The number of aromatic nitrogens is 1. The van der Waals surface area contributed by atoms with Crippen LogP contribution in [0.4, 0.5) is 0 Å². The van der Waals surface area contributed by atoms with Crippen LogP contribution in [-0.4, -0.2) is 24.9 Å². The molecule has 2 N–H and O–H groups in total. The summed E-state index contributed by atoms with van der Waals surface area (Å²) in [6.07, 6.45) is 5.65. The van der Waals surface area contributed by atoms with Crippen LogP contribution in [0.3, 0.4) is 0 Å². The molecule has 6 heteroatoms. The van der Waals surface area contributed by atoms with Gasteiger partial charge in [-0.3, -0.25) is 0 Å². The van der Waals surface area contributed by atoms with Crippen molar-refractivity contribution >= 4 is 21.2 Å². The molecule has 100 valence electrons. The van der Waals surface area contributed by atoms with Crippen molar-refractivity contribution in [2.75, 3.05) is 11.5 Å². The maximum absolute atomic E-state index is 11.5. The molecule has 0 saturated carbocycles. The monoisotopic (exact) mass is 286 g/mol. The minimum atomic E-state index is -2.87. The average molecular weight is 286 g/mol. The average Bonchev–Trinajstić information content (AvgIpc) is 2.78. The third-order valence-electron chi connectivity index (χ3n) is 3.99. The lowest BCUT2D eigenvalue weighted by molar-refractivity contribution is 0.393. The number of nitrogens with zero attached hydrogens (tertiary/aromatic N) is 1. The number of hydrogen-bond acceptors (Lipinski definition) is 5. The number of sulfone groups is 1. The van der Waals surface area contributed by atoms with E-state index in [-0.39, 0.29) is 11.5 Å². The van der Waals surface area contributed by atoms with Gasteiger partial charge in [-0.2, -0.15) is 0 Å². The first kappa shape index (κ1) is 12.6. The molecule has 1 aliphatic heterocycles. The Balaban J connectivity index is 1.88. The summed E-state index contributed by atoms with van der Waals surface area (Å²) in [6.45, 7) is 0. The topological polar surface area (TPSA) is 73.0 Å². The van der Waals surface area contributed by atoms with Crippen LogP contribution in [0, 0.1) is 0 Å². The van der Waals surface area contributed by atoms with Crippen molar-refractivity contribution in [1.82, 2.24) is 4.98 Å². The summed E-state index contributed by atoms with van der Waals surface area (Å²) in [5.74, 6) is 0.404. The molecule has 1 saturated heterocycles. The fourth-order valence-electron chi connectivity index (χ4n) is 2.68. The number of nitrogens with two attached hydrogens (primary N) is 1. The molecule has 1 aromatic heterocycles. The molecule has 0 spiro atoms. The second-order valence-corrected chi connectivity index (χ2v) is 8.79. The lowest BCUT2D eigenvalue weighted by Crippen LogP contribution is -2.44. The van der Waals surface area contributed by atoms with Gasteiger partial charge in [-0.1, -0.05) is 0 Å². The maximum atomic E-state index is 11.5.